The molecule has 0 aliphatic carbocycles. The quantitative estimate of drug-likeness (QED) is 0.277. The number of phosphoric ester groups is 1. The molecule has 0 aliphatic rings. The summed E-state index contributed by atoms with van der Waals surface area (Å²) in [6, 6.07) is 0. The van der Waals surface area contributed by atoms with E-state index in [0.29, 0.717) is 19.5 Å². The average molecular weight is 369 g/mol. The Hall–Kier alpha value is -0.0100. The smallest absolute Gasteiger partial charge is 0.0596 e. The van der Waals surface area contributed by atoms with Gasteiger partial charge in [-0.15, -0.1) is 0 Å². The minimum Gasteiger partial charge on any atom is -0.790 e. The highest BCUT2D eigenvalue weighted by atomic mass is 31.2. The van der Waals surface area contributed by atoms with Crippen molar-refractivity contribution in [2.24, 2.45) is 0 Å². The lowest BCUT2D eigenvalue weighted by Gasteiger charge is -2.28. The summed E-state index contributed by atoms with van der Waals surface area (Å²) in [6.45, 7) is 3.67. The molecule has 0 aliphatic heterocycles. The van der Waals surface area contributed by atoms with E-state index in [-0.39, 0.29) is 19.8 Å². The van der Waals surface area contributed by atoms with Gasteiger partial charge >= 0.3 is 0 Å². The van der Waals surface area contributed by atoms with Crippen molar-refractivity contribution in [1.29, 1.82) is 0 Å². The first-order valence-electron chi connectivity index (χ1n) is 9.07. The Balaban J connectivity index is 0. The number of rotatable bonds is 16. The summed E-state index contributed by atoms with van der Waals surface area (Å²) in [6.07, 6.45) is 11.7. The molecule has 0 aromatic rings. The molecular weight excluding hydrogens is 333 g/mol. The Bertz CT molecular complexity index is 271. The molecule has 0 saturated carbocycles. The largest absolute Gasteiger partial charge is 0.790 e. The van der Waals surface area contributed by atoms with Crippen LogP contribution in [-0.4, -0.2) is 43.1 Å². The summed E-state index contributed by atoms with van der Waals surface area (Å²) in [5, 5.41) is 19.1. The van der Waals surface area contributed by atoms with Crippen molar-refractivity contribution < 1.29 is 29.1 Å². The van der Waals surface area contributed by atoms with Crippen molar-refractivity contribution in [3.8, 4) is 0 Å². The van der Waals surface area contributed by atoms with Gasteiger partial charge in [-0.1, -0.05) is 64.7 Å². The van der Waals surface area contributed by atoms with E-state index in [2.05, 4.69) is 16.8 Å². The molecule has 0 atom stereocenters. The first-order valence-corrected chi connectivity index (χ1v) is 10.5. The van der Waals surface area contributed by atoms with Gasteiger partial charge in [0.25, 0.3) is 0 Å². The van der Waals surface area contributed by atoms with Crippen molar-refractivity contribution >= 4 is 7.82 Å². The number of hydrogen-bond acceptors (Lipinski definition) is 7. The van der Waals surface area contributed by atoms with Crippen LogP contribution in [0.3, 0.4) is 0 Å². The third kappa shape index (κ3) is 29.9. The molecule has 0 rings (SSSR count). The van der Waals surface area contributed by atoms with E-state index in [1.807, 2.05) is 0 Å². The van der Waals surface area contributed by atoms with Gasteiger partial charge in [-0.3, -0.25) is 0 Å². The molecule has 0 amide bonds. The maximum Gasteiger partial charge on any atom is 0.0596 e. The van der Waals surface area contributed by atoms with Crippen LogP contribution in [0.1, 0.15) is 71.1 Å². The molecule has 0 aromatic carbocycles. The van der Waals surface area contributed by atoms with Crippen LogP contribution in [0.15, 0.2) is 0 Å². The molecule has 0 unspecified atom stereocenters. The third-order valence-corrected chi connectivity index (χ3v) is 3.82. The second-order valence-electron chi connectivity index (χ2n) is 5.66. The van der Waals surface area contributed by atoms with Crippen LogP contribution in [0.25, 0.3) is 0 Å². The number of aliphatic hydroxyl groups is 2. The van der Waals surface area contributed by atoms with Gasteiger partial charge in [0.15, 0.2) is 0 Å². The second-order valence-corrected chi connectivity index (χ2v) is 6.81. The number of phosphoric acid groups is 1. The zero-order valence-corrected chi connectivity index (χ0v) is 16.0. The molecule has 0 fully saturated rings. The molecule has 148 valence electrons. The van der Waals surface area contributed by atoms with Gasteiger partial charge in [0, 0.05) is 13.1 Å². The fraction of sp³-hybridized carbons (Fsp3) is 1.00. The van der Waals surface area contributed by atoms with Crippen molar-refractivity contribution in [3.05, 3.63) is 0 Å². The first-order chi connectivity index (χ1) is 11.5. The summed E-state index contributed by atoms with van der Waals surface area (Å²) < 4.78 is 14.3. The van der Waals surface area contributed by atoms with E-state index in [0.717, 1.165) is 12.8 Å². The predicted molar refractivity (Wildman–Crippen MR) is 92.4 cm³/mol. The summed E-state index contributed by atoms with van der Waals surface area (Å²) in [5.74, 6) is 0. The van der Waals surface area contributed by atoms with Crippen molar-refractivity contribution in [3.63, 3.8) is 0 Å². The lowest BCUT2D eigenvalue weighted by atomic mass is 10.1. The highest BCUT2D eigenvalue weighted by Gasteiger charge is 1.94. The van der Waals surface area contributed by atoms with Crippen molar-refractivity contribution in [1.82, 2.24) is 5.32 Å². The number of aliphatic hydroxyl groups excluding tert-OH is 2. The van der Waals surface area contributed by atoms with E-state index in [1.165, 1.54) is 44.9 Å². The Morgan fingerprint density at radius 3 is 1.62 bits per heavy atom. The Morgan fingerprint density at radius 2 is 1.25 bits per heavy atom. The van der Waals surface area contributed by atoms with Gasteiger partial charge < -0.3 is 34.4 Å². The molecule has 24 heavy (non-hydrogen) atoms. The highest BCUT2D eigenvalue weighted by Crippen LogP contribution is 2.24. The van der Waals surface area contributed by atoms with Gasteiger partial charge in [-0.05, 0) is 6.42 Å². The fourth-order valence-electron chi connectivity index (χ4n) is 2.05. The van der Waals surface area contributed by atoms with E-state index >= 15 is 0 Å². The van der Waals surface area contributed by atoms with Crippen LogP contribution in [0.5, 0.6) is 0 Å². The maximum atomic E-state index is 10.1. The van der Waals surface area contributed by atoms with Crippen LogP contribution in [0, 0.1) is 0 Å². The lowest BCUT2D eigenvalue weighted by molar-refractivity contribution is -0.341. The Labute approximate surface area is 147 Å². The molecule has 0 radical (unpaired) electrons. The van der Waals surface area contributed by atoms with Crippen LogP contribution in [-0.2, 0) is 9.09 Å². The van der Waals surface area contributed by atoms with Crippen LogP contribution >= 0.6 is 7.82 Å². The topological polar surface area (TPSA) is 125 Å². The molecule has 3 N–H and O–H groups in total. The Kier molecular flexibility index (Phi) is 23.0. The minimum absolute atomic E-state index is 0.0424. The van der Waals surface area contributed by atoms with Gasteiger partial charge in [0.2, 0.25) is 0 Å². The summed E-state index contributed by atoms with van der Waals surface area (Å²) in [5.41, 5.74) is 0. The highest BCUT2D eigenvalue weighted by molar-refractivity contribution is 7.43. The standard InChI is InChI=1S/C12H27O4P.C4H11NO2/c1-2-3-4-5-6-7-8-9-10-11-12-16-17(13,14)15;6-3-1-5-2-4-7/h2-12H2,1H3,(H2,13,14,15);5-7H,1-4H2/p-2. The second kappa shape index (κ2) is 21.0. The zero-order chi connectivity index (χ0) is 18.5. The number of unbranched alkanes of at least 4 members (excludes halogenated alkanes) is 9. The molecule has 0 aromatic heterocycles. The van der Waals surface area contributed by atoms with Crippen molar-refractivity contribution in [2.75, 3.05) is 32.9 Å². The SMILES string of the molecule is CCCCCCCCCCCCOP(=O)([O-])[O-].OCCNCCO. The average Bonchev–Trinajstić information content (AvgIpc) is 2.53. The molecule has 0 heterocycles. The van der Waals surface area contributed by atoms with Gasteiger partial charge in [0.1, 0.15) is 0 Å². The Morgan fingerprint density at radius 1 is 0.833 bits per heavy atom. The van der Waals surface area contributed by atoms with Gasteiger partial charge in [0.05, 0.1) is 27.6 Å². The molecule has 0 spiro atoms. The predicted octanol–water partition coefficient (Wildman–Crippen LogP) is 1.31. The fourth-order valence-corrected chi connectivity index (χ4v) is 2.40. The molecule has 0 bridgehead atoms. The molecule has 0 saturated heterocycles. The third-order valence-electron chi connectivity index (χ3n) is 3.32. The summed E-state index contributed by atoms with van der Waals surface area (Å²) in [7, 11) is -4.74. The monoisotopic (exact) mass is 369 g/mol. The van der Waals surface area contributed by atoms with E-state index < -0.39 is 7.82 Å². The first kappa shape index (κ1) is 26.2. The van der Waals surface area contributed by atoms with Gasteiger partial charge in [-0.2, -0.15) is 0 Å². The van der Waals surface area contributed by atoms with Crippen LogP contribution in [0.2, 0.25) is 0 Å². The molecule has 8 heteroatoms. The summed E-state index contributed by atoms with van der Waals surface area (Å²) in [4.78, 5) is 20.3. The van der Waals surface area contributed by atoms with Crippen molar-refractivity contribution in [2.45, 2.75) is 71.1 Å². The normalized spacial score (nSPS) is 11.2. The number of nitrogens with one attached hydrogen (secondary N) is 1. The minimum atomic E-state index is -4.74. The molecule has 7 nitrogen and oxygen atoms in total. The zero-order valence-electron chi connectivity index (χ0n) is 15.1. The van der Waals surface area contributed by atoms with Crippen LogP contribution < -0.4 is 15.1 Å². The maximum absolute atomic E-state index is 10.1. The van der Waals surface area contributed by atoms with Gasteiger partial charge in [-0.25, -0.2) is 0 Å². The van der Waals surface area contributed by atoms with E-state index in [1.54, 1.807) is 0 Å². The van der Waals surface area contributed by atoms with E-state index in [4.69, 9.17) is 10.2 Å². The molecular formula is C16H36NO6P-2. The number of hydrogen-bond donors (Lipinski definition) is 3. The van der Waals surface area contributed by atoms with Crippen LogP contribution in [0.4, 0.5) is 0 Å². The lowest BCUT2D eigenvalue weighted by Crippen LogP contribution is -2.21. The van der Waals surface area contributed by atoms with E-state index in [9.17, 15) is 14.4 Å². The summed E-state index contributed by atoms with van der Waals surface area (Å²) >= 11 is 0.